The first-order valence-corrected chi connectivity index (χ1v) is 11.4. The van der Waals surface area contributed by atoms with Crippen molar-refractivity contribution in [2.24, 2.45) is 0 Å². The number of para-hydroxylation sites is 1. The molecule has 0 radical (unpaired) electrons. The van der Waals surface area contributed by atoms with Gasteiger partial charge < -0.3 is 20.7 Å². The van der Waals surface area contributed by atoms with Gasteiger partial charge in [-0.15, -0.1) is 0 Å². The predicted octanol–water partition coefficient (Wildman–Crippen LogP) is 5.72. The van der Waals surface area contributed by atoms with E-state index in [9.17, 15) is 9.59 Å². The number of carbonyl (C=O) groups excluding carboxylic acids is 2. The minimum atomic E-state index is -0.500. The summed E-state index contributed by atoms with van der Waals surface area (Å²) in [6.45, 7) is 6.80. The molecule has 3 rings (SSSR count). The van der Waals surface area contributed by atoms with Crippen molar-refractivity contribution in [2.75, 3.05) is 23.7 Å². The van der Waals surface area contributed by atoms with Crippen LogP contribution < -0.4 is 16.0 Å². The Balaban J connectivity index is 1.59. The van der Waals surface area contributed by atoms with Crippen molar-refractivity contribution in [3.05, 3.63) is 78.5 Å². The van der Waals surface area contributed by atoms with Gasteiger partial charge in [-0.25, -0.2) is 4.79 Å². The maximum Gasteiger partial charge on any atom is 0.407 e. The fourth-order valence-corrected chi connectivity index (χ4v) is 3.33. The molecule has 7 heteroatoms. The number of rotatable bonds is 9. The van der Waals surface area contributed by atoms with Crippen LogP contribution in [0.15, 0.2) is 72.9 Å². The first-order chi connectivity index (χ1) is 16.3. The highest BCUT2D eigenvalue weighted by molar-refractivity contribution is 6.06. The Bertz CT molecular complexity index is 1090. The Kier molecular flexibility index (Phi) is 8.62. The summed E-state index contributed by atoms with van der Waals surface area (Å²) >= 11 is 0. The van der Waals surface area contributed by atoms with Crippen LogP contribution in [-0.4, -0.2) is 35.7 Å². The van der Waals surface area contributed by atoms with Crippen LogP contribution in [0.1, 0.15) is 44.0 Å². The molecule has 1 aromatic heterocycles. The van der Waals surface area contributed by atoms with Crippen LogP contribution in [0, 0.1) is 0 Å². The molecule has 0 saturated heterocycles. The summed E-state index contributed by atoms with van der Waals surface area (Å²) in [7, 11) is 0. The lowest BCUT2D eigenvalue weighted by atomic mass is 10.1. The molecule has 0 atom stereocenters. The van der Waals surface area contributed by atoms with Crippen molar-refractivity contribution in [3.8, 4) is 11.3 Å². The fourth-order valence-electron chi connectivity index (χ4n) is 3.33. The van der Waals surface area contributed by atoms with Gasteiger partial charge >= 0.3 is 6.09 Å². The molecule has 0 aliphatic carbocycles. The van der Waals surface area contributed by atoms with Crippen LogP contribution in [0.3, 0.4) is 0 Å². The molecule has 2 amide bonds. The molecule has 0 saturated carbocycles. The van der Waals surface area contributed by atoms with Gasteiger partial charge in [0, 0.05) is 36.1 Å². The number of nitrogens with zero attached hydrogens (tertiary/aromatic N) is 1. The fraction of sp³-hybridized carbons (Fsp3) is 0.296. The highest BCUT2D eigenvalue weighted by Gasteiger charge is 2.16. The minimum Gasteiger partial charge on any atom is -0.444 e. The number of aromatic nitrogens is 1. The molecule has 1 heterocycles. The van der Waals surface area contributed by atoms with Crippen LogP contribution in [0.4, 0.5) is 16.2 Å². The van der Waals surface area contributed by atoms with E-state index in [0.29, 0.717) is 23.5 Å². The Morgan fingerprint density at radius 2 is 1.53 bits per heavy atom. The number of hydrogen-bond acceptors (Lipinski definition) is 5. The number of amides is 2. The van der Waals surface area contributed by atoms with E-state index in [-0.39, 0.29) is 5.91 Å². The third kappa shape index (κ3) is 7.62. The average molecular weight is 461 g/mol. The number of hydrogen-bond donors (Lipinski definition) is 3. The van der Waals surface area contributed by atoms with Crippen LogP contribution >= 0.6 is 0 Å². The molecular formula is C27H32N4O3. The number of carbonyl (C=O) groups is 2. The van der Waals surface area contributed by atoms with Crippen molar-refractivity contribution < 1.29 is 14.3 Å². The summed E-state index contributed by atoms with van der Waals surface area (Å²) in [5.41, 5.74) is 3.26. The third-order valence-electron chi connectivity index (χ3n) is 4.86. The van der Waals surface area contributed by atoms with E-state index in [1.54, 1.807) is 24.4 Å². The summed E-state index contributed by atoms with van der Waals surface area (Å²) < 4.78 is 5.24. The zero-order valence-corrected chi connectivity index (χ0v) is 19.9. The molecule has 3 aromatic rings. The lowest BCUT2D eigenvalue weighted by Gasteiger charge is -2.19. The van der Waals surface area contributed by atoms with E-state index in [2.05, 4.69) is 20.9 Å². The normalized spacial score (nSPS) is 10.9. The monoisotopic (exact) mass is 460 g/mol. The number of unbranched alkanes of at least 4 members (excludes halogenated alkanes) is 1. The maximum absolute atomic E-state index is 12.7. The highest BCUT2D eigenvalue weighted by atomic mass is 16.6. The molecule has 34 heavy (non-hydrogen) atoms. The molecule has 0 bridgehead atoms. The lowest BCUT2D eigenvalue weighted by Crippen LogP contribution is -2.33. The minimum absolute atomic E-state index is 0.183. The van der Waals surface area contributed by atoms with E-state index < -0.39 is 11.7 Å². The number of benzene rings is 2. The van der Waals surface area contributed by atoms with Gasteiger partial charge in [-0.1, -0.05) is 36.4 Å². The molecule has 0 aliphatic heterocycles. The zero-order valence-electron chi connectivity index (χ0n) is 19.9. The molecule has 0 aliphatic rings. The van der Waals surface area contributed by atoms with E-state index in [4.69, 9.17) is 4.74 Å². The van der Waals surface area contributed by atoms with Gasteiger partial charge in [-0.2, -0.15) is 0 Å². The van der Waals surface area contributed by atoms with Gasteiger partial charge in [0.2, 0.25) is 0 Å². The Morgan fingerprint density at radius 3 is 2.29 bits per heavy atom. The van der Waals surface area contributed by atoms with E-state index in [1.807, 2.05) is 69.3 Å². The Labute approximate surface area is 201 Å². The lowest BCUT2D eigenvalue weighted by molar-refractivity contribution is 0.0527. The summed E-state index contributed by atoms with van der Waals surface area (Å²) in [6, 6.07) is 20.6. The molecule has 0 unspecified atom stereocenters. The predicted molar refractivity (Wildman–Crippen MR) is 136 cm³/mol. The first kappa shape index (κ1) is 24.8. The van der Waals surface area contributed by atoms with Crippen LogP contribution in [0.2, 0.25) is 0 Å². The first-order valence-electron chi connectivity index (χ1n) is 11.4. The van der Waals surface area contributed by atoms with Gasteiger partial charge in [0.25, 0.3) is 5.91 Å². The van der Waals surface area contributed by atoms with E-state index >= 15 is 0 Å². The van der Waals surface area contributed by atoms with Gasteiger partial charge in [0.1, 0.15) is 5.60 Å². The highest BCUT2D eigenvalue weighted by Crippen LogP contribution is 2.32. The molecular weight excluding hydrogens is 428 g/mol. The van der Waals surface area contributed by atoms with Crippen molar-refractivity contribution in [1.29, 1.82) is 0 Å². The molecule has 3 N–H and O–H groups in total. The quantitative estimate of drug-likeness (QED) is 0.355. The number of anilines is 2. The summed E-state index contributed by atoms with van der Waals surface area (Å²) in [5.74, 6) is -0.183. The van der Waals surface area contributed by atoms with Crippen molar-refractivity contribution in [1.82, 2.24) is 10.3 Å². The smallest absolute Gasteiger partial charge is 0.407 e. The molecule has 178 valence electrons. The van der Waals surface area contributed by atoms with E-state index in [1.165, 1.54) is 0 Å². The largest absolute Gasteiger partial charge is 0.444 e. The number of ether oxygens (including phenoxy) is 1. The van der Waals surface area contributed by atoms with Crippen LogP contribution in [0.5, 0.6) is 0 Å². The van der Waals surface area contributed by atoms with Gasteiger partial charge in [-0.05, 0) is 63.9 Å². The summed E-state index contributed by atoms with van der Waals surface area (Å²) in [4.78, 5) is 29.0. The molecule has 7 nitrogen and oxygen atoms in total. The topological polar surface area (TPSA) is 92.3 Å². The Morgan fingerprint density at radius 1 is 0.853 bits per heavy atom. The second-order valence-electron chi connectivity index (χ2n) is 8.83. The van der Waals surface area contributed by atoms with Crippen LogP contribution in [-0.2, 0) is 4.74 Å². The van der Waals surface area contributed by atoms with Gasteiger partial charge in [-0.3, -0.25) is 9.78 Å². The molecule has 0 spiro atoms. The Hall–Kier alpha value is -3.87. The van der Waals surface area contributed by atoms with Gasteiger partial charge in [0.15, 0.2) is 0 Å². The molecule has 0 fully saturated rings. The second kappa shape index (κ2) is 11.8. The SMILES string of the molecule is CC(C)(C)OC(=O)NCCCCNc1ccccc1-c1ncccc1NC(=O)c1ccccc1. The number of pyridine rings is 1. The maximum atomic E-state index is 12.7. The third-order valence-corrected chi connectivity index (χ3v) is 4.86. The van der Waals surface area contributed by atoms with Crippen molar-refractivity contribution >= 4 is 23.4 Å². The number of nitrogens with one attached hydrogen (secondary N) is 3. The van der Waals surface area contributed by atoms with E-state index in [0.717, 1.165) is 30.6 Å². The summed E-state index contributed by atoms with van der Waals surface area (Å²) in [5, 5.41) is 9.21. The standard InChI is InChI=1S/C27H32N4O3/c1-27(2,3)34-26(33)30-18-10-9-17-28-22-15-8-7-14-21(22)24-23(16-11-19-29-24)31-25(32)20-12-5-4-6-13-20/h4-8,11-16,19,28H,9-10,17-18H2,1-3H3,(H,30,33)(H,31,32). The van der Waals surface area contributed by atoms with Crippen LogP contribution in [0.25, 0.3) is 11.3 Å². The van der Waals surface area contributed by atoms with Crippen molar-refractivity contribution in [2.45, 2.75) is 39.2 Å². The second-order valence-corrected chi connectivity index (χ2v) is 8.83. The average Bonchev–Trinajstić information content (AvgIpc) is 2.81. The van der Waals surface area contributed by atoms with Crippen molar-refractivity contribution in [3.63, 3.8) is 0 Å². The zero-order chi connectivity index (χ0) is 24.4. The summed E-state index contributed by atoms with van der Waals surface area (Å²) in [6.07, 6.45) is 3.00. The number of alkyl carbamates (subject to hydrolysis) is 1. The van der Waals surface area contributed by atoms with Gasteiger partial charge in [0.05, 0.1) is 11.4 Å². The molecule has 2 aromatic carbocycles.